The number of carboxylic acid groups (broad SMARTS) is 1. The van der Waals surface area contributed by atoms with E-state index in [0.29, 0.717) is 18.9 Å². The Balaban J connectivity index is 2.70. The highest BCUT2D eigenvalue weighted by Crippen LogP contribution is 2.14. The monoisotopic (exact) mass is 249 g/mol. The second kappa shape index (κ2) is 6.55. The van der Waals surface area contributed by atoms with Gasteiger partial charge >= 0.3 is 5.97 Å². The number of rotatable bonds is 6. The normalized spacial score (nSPS) is 12.7. The highest BCUT2D eigenvalue weighted by molar-refractivity contribution is 5.73. The van der Waals surface area contributed by atoms with Crippen LogP contribution in [0.2, 0.25) is 0 Å². The predicted octanol–water partition coefficient (Wildman–Crippen LogP) is 2.89. The van der Waals surface area contributed by atoms with Crippen molar-refractivity contribution in [3.8, 4) is 0 Å². The fourth-order valence-corrected chi connectivity index (χ4v) is 2.10. The number of nitrogens with one attached hydrogen (secondary N) is 1. The highest BCUT2D eigenvalue weighted by atomic mass is 16.4. The van der Waals surface area contributed by atoms with E-state index in [0.717, 1.165) is 0 Å². The van der Waals surface area contributed by atoms with Crippen molar-refractivity contribution in [1.82, 2.24) is 5.32 Å². The molecule has 1 atom stereocenters. The molecular formula is C15H23NO2. The second-order valence-electron chi connectivity index (χ2n) is 5.27. The van der Waals surface area contributed by atoms with Crippen LogP contribution >= 0.6 is 0 Å². The summed E-state index contributed by atoms with van der Waals surface area (Å²) in [6.07, 6.45) is 0.653. The SMILES string of the molecule is Cc1cccc(C)c1CNC(CC(C)C)C(=O)O. The Morgan fingerprint density at radius 3 is 2.28 bits per heavy atom. The summed E-state index contributed by atoms with van der Waals surface area (Å²) < 4.78 is 0. The third-order valence-corrected chi connectivity index (χ3v) is 3.17. The zero-order valence-electron chi connectivity index (χ0n) is 11.7. The fourth-order valence-electron chi connectivity index (χ4n) is 2.10. The molecule has 1 unspecified atom stereocenters. The van der Waals surface area contributed by atoms with Crippen molar-refractivity contribution in [3.05, 3.63) is 34.9 Å². The summed E-state index contributed by atoms with van der Waals surface area (Å²) in [5, 5.41) is 12.3. The Morgan fingerprint density at radius 1 is 1.28 bits per heavy atom. The maximum absolute atomic E-state index is 11.2. The van der Waals surface area contributed by atoms with E-state index in [1.165, 1.54) is 16.7 Å². The molecule has 0 spiro atoms. The molecule has 1 rings (SSSR count). The second-order valence-corrected chi connectivity index (χ2v) is 5.27. The minimum absolute atomic E-state index is 0.372. The minimum Gasteiger partial charge on any atom is -0.480 e. The van der Waals surface area contributed by atoms with Crippen molar-refractivity contribution in [3.63, 3.8) is 0 Å². The van der Waals surface area contributed by atoms with Crippen LogP contribution in [0.15, 0.2) is 18.2 Å². The van der Waals surface area contributed by atoms with Gasteiger partial charge in [-0.15, -0.1) is 0 Å². The fraction of sp³-hybridized carbons (Fsp3) is 0.533. The third-order valence-electron chi connectivity index (χ3n) is 3.17. The van der Waals surface area contributed by atoms with Gasteiger partial charge in [-0.1, -0.05) is 32.0 Å². The van der Waals surface area contributed by atoms with Crippen LogP contribution in [0, 0.1) is 19.8 Å². The van der Waals surface area contributed by atoms with Crippen LogP contribution < -0.4 is 5.32 Å². The van der Waals surface area contributed by atoms with Gasteiger partial charge in [0.2, 0.25) is 0 Å². The molecule has 0 bridgehead atoms. The molecule has 2 N–H and O–H groups in total. The molecule has 0 fully saturated rings. The average Bonchev–Trinajstić information content (AvgIpc) is 2.26. The van der Waals surface area contributed by atoms with Crippen molar-refractivity contribution < 1.29 is 9.90 Å². The number of aliphatic carboxylic acids is 1. The summed E-state index contributed by atoms with van der Waals surface area (Å²) in [6, 6.07) is 5.67. The first-order valence-corrected chi connectivity index (χ1v) is 6.43. The van der Waals surface area contributed by atoms with E-state index in [1.807, 2.05) is 19.9 Å². The smallest absolute Gasteiger partial charge is 0.320 e. The number of hydrogen-bond donors (Lipinski definition) is 2. The van der Waals surface area contributed by atoms with Crippen molar-refractivity contribution in [1.29, 1.82) is 0 Å². The van der Waals surface area contributed by atoms with Crippen LogP contribution in [-0.4, -0.2) is 17.1 Å². The van der Waals surface area contributed by atoms with E-state index >= 15 is 0 Å². The maximum Gasteiger partial charge on any atom is 0.320 e. The van der Waals surface area contributed by atoms with Crippen LogP contribution in [-0.2, 0) is 11.3 Å². The standard InChI is InChI=1S/C15H23NO2/c1-10(2)8-14(15(17)18)16-9-13-11(3)6-5-7-12(13)4/h5-7,10,14,16H,8-9H2,1-4H3,(H,17,18). The molecular weight excluding hydrogens is 226 g/mol. The molecule has 3 nitrogen and oxygen atoms in total. The first-order chi connectivity index (χ1) is 8.41. The summed E-state index contributed by atoms with van der Waals surface area (Å²) in [5.74, 6) is -0.397. The molecule has 0 saturated carbocycles. The summed E-state index contributed by atoms with van der Waals surface area (Å²) in [7, 11) is 0. The zero-order valence-corrected chi connectivity index (χ0v) is 11.7. The Bertz CT molecular complexity index is 393. The van der Waals surface area contributed by atoms with Gasteiger partial charge in [-0.3, -0.25) is 4.79 Å². The van der Waals surface area contributed by atoms with E-state index in [2.05, 4.69) is 31.3 Å². The van der Waals surface area contributed by atoms with Gasteiger partial charge in [0.15, 0.2) is 0 Å². The number of aryl methyl sites for hydroxylation is 2. The first kappa shape index (κ1) is 14.7. The number of benzene rings is 1. The van der Waals surface area contributed by atoms with E-state index < -0.39 is 12.0 Å². The molecule has 100 valence electrons. The molecule has 18 heavy (non-hydrogen) atoms. The molecule has 3 heteroatoms. The Labute approximate surface area is 109 Å². The molecule has 0 aliphatic heterocycles. The number of hydrogen-bond acceptors (Lipinski definition) is 2. The summed E-state index contributed by atoms with van der Waals surface area (Å²) >= 11 is 0. The summed E-state index contributed by atoms with van der Waals surface area (Å²) in [4.78, 5) is 11.2. The van der Waals surface area contributed by atoms with Crippen molar-refractivity contribution >= 4 is 5.97 Å². The average molecular weight is 249 g/mol. The van der Waals surface area contributed by atoms with Crippen LogP contribution in [0.4, 0.5) is 0 Å². The quantitative estimate of drug-likeness (QED) is 0.815. The van der Waals surface area contributed by atoms with E-state index in [4.69, 9.17) is 0 Å². The maximum atomic E-state index is 11.2. The van der Waals surface area contributed by atoms with Gasteiger partial charge < -0.3 is 10.4 Å². The lowest BCUT2D eigenvalue weighted by Crippen LogP contribution is -2.37. The summed E-state index contributed by atoms with van der Waals surface area (Å²) in [6.45, 7) is 8.81. The highest BCUT2D eigenvalue weighted by Gasteiger charge is 2.18. The van der Waals surface area contributed by atoms with Gasteiger partial charge in [0.05, 0.1) is 0 Å². The molecule has 0 heterocycles. The van der Waals surface area contributed by atoms with Gasteiger partial charge in [0.1, 0.15) is 6.04 Å². The van der Waals surface area contributed by atoms with E-state index in [1.54, 1.807) is 0 Å². The lowest BCUT2D eigenvalue weighted by Gasteiger charge is -2.18. The molecule has 0 aliphatic carbocycles. The minimum atomic E-state index is -0.769. The number of carbonyl (C=O) groups is 1. The van der Waals surface area contributed by atoms with Crippen LogP contribution in [0.5, 0.6) is 0 Å². The molecule has 1 aromatic carbocycles. The van der Waals surface area contributed by atoms with Crippen molar-refractivity contribution in [2.75, 3.05) is 0 Å². The zero-order chi connectivity index (χ0) is 13.7. The third kappa shape index (κ3) is 4.15. The van der Waals surface area contributed by atoms with Gasteiger partial charge in [-0.25, -0.2) is 0 Å². The van der Waals surface area contributed by atoms with Crippen LogP contribution in [0.25, 0.3) is 0 Å². The molecule has 0 saturated heterocycles. The Kier molecular flexibility index (Phi) is 5.35. The molecule has 0 amide bonds. The van der Waals surface area contributed by atoms with E-state index in [-0.39, 0.29) is 0 Å². The largest absolute Gasteiger partial charge is 0.480 e. The van der Waals surface area contributed by atoms with Crippen LogP contribution in [0.1, 0.15) is 37.0 Å². The van der Waals surface area contributed by atoms with Crippen LogP contribution in [0.3, 0.4) is 0 Å². The topological polar surface area (TPSA) is 49.3 Å². The van der Waals surface area contributed by atoms with Gasteiger partial charge in [0.25, 0.3) is 0 Å². The lowest BCUT2D eigenvalue weighted by atomic mass is 10.0. The molecule has 1 aromatic rings. The van der Waals surface area contributed by atoms with Crippen molar-refractivity contribution in [2.45, 2.75) is 46.7 Å². The van der Waals surface area contributed by atoms with Gasteiger partial charge in [-0.05, 0) is 42.9 Å². The van der Waals surface area contributed by atoms with Gasteiger partial charge in [0, 0.05) is 6.54 Å². The Morgan fingerprint density at radius 2 is 1.83 bits per heavy atom. The summed E-state index contributed by atoms with van der Waals surface area (Å²) in [5.41, 5.74) is 3.61. The molecule has 0 aliphatic rings. The van der Waals surface area contributed by atoms with Gasteiger partial charge in [-0.2, -0.15) is 0 Å². The van der Waals surface area contributed by atoms with E-state index in [9.17, 15) is 9.90 Å². The Hall–Kier alpha value is -1.35. The predicted molar refractivity (Wildman–Crippen MR) is 73.6 cm³/mol. The lowest BCUT2D eigenvalue weighted by molar-refractivity contribution is -0.140. The number of carboxylic acids is 1. The molecule has 0 radical (unpaired) electrons. The molecule has 0 aromatic heterocycles. The van der Waals surface area contributed by atoms with Crippen molar-refractivity contribution in [2.24, 2.45) is 5.92 Å². The first-order valence-electron chi connectivity index (χ1n) is 6.43.